The molecule has 0 heterocycles. The first-order chi connectivity index (χ1) is 8.31. The van der Waals surface area contributed by atoms with Crippen LogP contribution < -0.4 is 5.30 Å². The van der Waals surface area contributed by atoms with Crippen LogP contribution >= 0.6 is 8.03 Å². The van der Waals surface area contributed by atoms with Crippen LogP contribution in [0.25, 0.3) is 0 Å². The van der Waals surface area contributed by atoms with Crippen LogP contribution in [0.3, 0.4) is 0 Å². The van der Waals surface area contributed by atoms with E-state index in [9.17, 15) is 4.57 Å². The Labute approximate surface area is 104 Å². The van der Waals surface area contributed by atoms with Crippen LogP contribution in [-0.4, -0.2) is 6.10 Å². The van der Waals surface area contributed by atoms with Crippen LogP contribution in [0.4, 0.5) is 0 Å². The first-order valence-electron chi connectivity index (χ1n) is 6.53. The van der Waals surface area contributed by atoms with Gasteiger partial charge in [0.15, 0.2) is 0 Å². The lowest BCUT2D eigenvalue weighted by Crippen LogP contribution is -2.16. The van der Waals surface area contributed by atoms with Gasteiger partial charge in [-0.05, 0) is 29.9 Å². The molecular formula is C14H20O2P+. The first-order valence-corrected chi connectivity index (χ1v) is 7.71. The van der Waals surface area contributed by atoms with Crippen LogP contribution in [0.1, 0.15) is 44.6 Å². The zero-order chi connectivity index (χ0) is 12.1. The Balaban J connectivity index is 2.03. The first kappa shape index (κ1) is 12.7. The molecule has 0 amide bonds. The van der Waals surface area contributed by atoms with Crippen molar-refractivity contribution in [3.8, 4) is 0 Å². The molecule has 0 bridgehead atoms. The molecular weight excluding hydrogens is 231 g/mol. The van der Waals surface area contributed by atoms with Crippen LogP contribution in [-0.2, 0) is 15.5 Å². The molecule has 1 unspecified atom stereocenters. The van der Waals surface area contributed by atoms with E-state index in [4.69, 9.17) is 4.52 Å². The van der Waals surface area contributed by atoms with Crippen molar-refractivity contribution in [1.82, 2.24) is 0 Å². The number of aryl methyl sites for hydroxylation is 1. The molecule has 3 heteroatoms. The summed E-state index contributed by atoms with van der Waals surface area (Å²) in [5, 5.41) is 0.885. The van der Waals surface area contributed by atoms with Crippen molar-refractivity contribution in [2.24, 2.45) is 0 Å². The molecule has 1 aromatic carbocycles. The minimum absolute atomic E-state index is 0.206. The highest BCUT2D eigenvalue weighted by molar-refractivity contribution is 7.48. The zero-order valence-electron chi connectivity index (χ0n) is 10.4. The highest BCUT2D eigenvalue weighted by Crippen LogP contribution is 2.31. The normalized spacial score (nSPS) is 18.1. The van der Waals surface area contributed by atoms with Crippen molar-refractivity contribution >= 4 is 13.3 Å². The van der Waals surface area contributed by atoms with Crippen molar-refractivity contribution in [2.45, 2.75) is 51.6 Å². The number of hydrogen-bond donors (Lipinski definition) is 0. The maximum Gasteiger partial charge on any atom is 0.549 e. The minimum Gasteiger partial charge on any atom is -0.138 e. The van der Waals surface area contributed by atoms with E-state index in [2.05, 4.69) is 6.92 Å². The summed E-state index contributed by atoms with van der Waals surface area (Å²) < 4.78 is 17.9. The Bertz CT molecular complexity index is 384. The highest BCUT2D eigenvalue weighted by Gasteiger charge is 2.30. The predicted octanol–water partition coefficient (Wildman–Crippen LogP) is 3.97. The van der Waals surface area contributed by atoms with Crippen molar-refractivity contribution in [3.05, 3.63) is 29.8 Å². The Morgan fingerprint density at radius 3 is 2.65 bits per heavy atom. The van der Waals surface area contributed by atoms with Gasteiger partial charge in [-0.25, -0.2) is 0 Å². The third-order valence-corrected chi connectivity index (χ3v) is 4.69. The summed E-state index contributed by atoms with van der Waals surface area (Å²) in [6, 6.07) is 7.89. The van der Waals surface area contributed by atoms with Crippen LogP contribution in [0, 0.1) is 0 Å². The van der Waals surface area contributed by atoms with Gasteiger partial charge in [0.1, 0.15) is 6.10 Å². The van der Waals surface area contributed by atoms with E-state index in [-0.39, 0.29) is 6.10 Å². The summed E-state index contributed by atoms with van der Waals surface area (Å²) in [7, 11) is -1.68. The molecule has 1 aliphatic rings. The quantitative estimate of drug-likeness (QED) is 0.757. The molecule has 0 saturated heterocycles. The summed E-state index contributed by atoms with van der Waals surface area (Å²) in [5.74, 6) is 0. The second-order valence-electron chi connectivity index (χ2n) is 4.60. The Hall–Kier alpha value is -0.720. The Kier molecular flexibility index (Phi) is 4.70. The summed E-state index contributed by atoms with van der Waals surface area (Å²) in [6.07, 6.45) is 6.96. The maximum absolute atomic E-state index is 12.2. The molecule has 0 aromatic heterocycles. The van der Waals surface area contributed by atoms with Gasteiger partial charge in [-0.15, -0.1) is 4.52 Å². The Morgan fingerprint density at radius 2 is 1.94 bits per heavy atom. The summed E-state index contributed by atoms with van der Waals surface area (Å²) in [6.45, 7) is 2.09. The molecule has 0 spiro atoms. The summed E-state index contributed by atoms with van der Waals surface area (Å²) >= 11 is 0. The van der Waals surface area contributed by atoms with E-state index >= 15 is 0 Å². The lowest BCUT2D eigenvalue weighted by molar-refractivity contribution is 0.168. The van der Waals surface area contributed by atoms with Gasteiger partial charge in [0.25, 0.3) is 0 Å². The number of rotatable bonds is 4. The van der Waals surface area contributed by atoms with Gasteiger partial charge < -0.3 is 0 Å². The van der Waals surface area contributed by atoms with E-state index in [1.54, 1.807) is 0 Å². The highest BCUT2D eigenvalue weighted by atomic mass is 31.1. The van der Waals surface area contributed by atoms with Crippen LogP contribution in [0.15, 0.2) is 24.3 Å². The molecule has 0 aliphatic heterocycles. The molecule has 17 heavy (non-hydrogen) atoms. The van der Waals surface area contributed by atoms with E-state index in [1.165, 1.54) is 19.3 Å². The maximum atomic E-state index is 12.2. The average Bonchev–Trinajstić information content (AvgIpc) is 2.40. The van der Waals surface area contributed by atoms with Gasteiger partial charge in [0.05, 0.1) is 0 Å². The average molecular weight is 251 g/mol. The molecule has 2 nitrogen and oxygen atoms in total. The van der Waals surface area contributed by atoms with Gasteiger partial charge >= 0.3 is 8.03 Å². The third kappa shape index (κ3) is 3.37. The van der Waals surface area contributed by atoms with E-state index < -0.39 is 8.03 Å². The second kappa shape index (κ2) is 6.28. The summed E-state index contributed by atoms with van der Waals surface area (Å²) in [4.78, 5) is 0. The molecule has 92 valence electrons. The molecule has 1 saturated carbocycles. The fourth-order valence-corrected chi connectivity index (χ4v) is 3.62. The molecule has 1 aliphatic carbocycles. The SMILES string of the molecule is CCc1ccccc1[P+](=O)OC1CCCCC1. The van der Waals surface area contributed by atoms with Gasteiger partial charge in [-0.1, -0.05) is 44.4 Å². The standard InChI is InChI=1S/C14H20O2P/c1-2-12-8-6-7-11-14(12)17(15)16-13-9-4-3-5-10-13/h6-8,11,13H,2-5,9-10H2,1H3/q+1. The van der Waals surface area contributed by atoms with Gasteiger partial charge in [0.2, 0.25) is 5.30 Å². The predicted molar refractivity (Wildman–Crippen MR) is 71.0 cm³/mol. The van der Waals surface area contributed by atoms with Gasteiger partial charge in [-0.2, -0.15) is 0 Å². The molecule has 0 radical (unpaired) electrons. The molecule has 0 N–H and O–H groups in total. The van der Waals surface area contributed by atoms with E-state index in [1.807, 2.05) is 24.3 Å². The van der Waals surface area contributed by atoms with Crippen LogP contribution in [0.2, 0.25) is 0 Å². The zero-order valence-corrected chi connectivity index (χ0v) is 11.3. The fraction of sp³-hybridized carbons (Fsp3) is 0.571. The van der Waals surface area contributed by atoms with Gasteiger partial charge in [-0.3, -0.25) is 0 Å². The minimum atomic E-state index is -1.68. The molecule has 1 atom stereocenters. The largest absolute Gasteiger partial charge is 0.549 e. The molecule has 1 aromatic rings. The van der Waals surface area contributed by atoms with Crippen molar-refractivity contribution in [3.63, 3.8) is 0 Å². The number of hydrogen-bond acceptors (Lipinski definition) is 2. The fourth-order valence-electron chi connectivity index (χ4n) is 2.35. The topological polar surface area (TPSA) is 26.3 Å². The Morgan fingerprint density at radius 1 is 1.24 bits per heavy atom. The lowest BCUT2D eigenvalue weighted by atomic mass is 9.98. The van der Waals surface area contributed by atoms with Crippen LogP contribution in [0.5, 0.6) is 0 Å². The van der Waals surface area contributed by atoms with E-state index in [0.29, 0.717) is 0 Å². The van der Waals surface area contributed by atoms with Crippen molar-refractivity contribution < 1.29 is 9.09 Å². The molecule has 1 fully saturated rings. The second-order valence-corrected chi connectivity index (χ2v) is 5.81. The third-order valence-electron chi connectivity index (χ3n) is 3.37. The smallest absolute Gasteiger partial charge is 0.138 e. The molecule has 2 rings (SSSR count). The monoisotopic (exact) mass is 251 g/mol. The number of benzene rings is 1. The lowest BCUT2D eigenvalue weighted by Gasteiger charge is -2.15. The van der Waals surface area contributed by atoms with Crippen molar-refractivity contribution in [2.75, 3.05) is 0 Å². The van der Waals surface area contributed by atoms with E-state index in [0.717, 1.165) is 30.1 Å². The van der Waals surface area contributed by atoms with Crippen molar-refractivity contribution in [1.29, 1.82) is 0 Å². The van der Waals surface area contributed by atoms with Gasteiger partial charge in [0, 0.05) is 5.56 Å². The summed E-state index contributed by atoms with van der Waals surface area (Å²) in [5.41, 5.74) is 1.14.